The van der Waals surface area contributed by atoms with Crippen LogP contribution in [0.3, 0.4) is 0 Å². The van der Waals surface area contributed by atoms with Crippen LogP contribution < -0.4 is 24.8 Å². The number of anilines is 1. The molecule has 0 radical (unpaired) electrons. The van der Waals surface area contributed by atoms with Crippen LogP contribution in [-0.2, 0) is 11.3 Å². The Morgan fingerprint density at radius 2 is 1.58 bits per heavy atom. The molecule has 1 aromatic heterocycles. The monoisotopic (exact) mass is 607 g/mol. The number of carbonyl (C=O) groups excluding carboxylic acids is 2. The summed E-state index contributed by atoms with van der Waals surface area (Å²) in [5, 5.41) is 14.7. The van der Waals surface area contributed by atoms with Crippen LogP contribution in [0.5, 0.6) is 17.2 Å². The van der Waals surface area contributed by atoms with Gasteiger partial charge in [0, 0.05) is 16.9 Å². The van der Waals surface area contributed by atoms with E-state index in [0.29, 0.717) is 65.0 Å². The smallest absolute Gasteiger partial charge is 0.251 e. The predicted molar refractivity (Wildman–Crippen MR) is 163 cm³/mol. The van der Waals surface area contributed by atoms with Gasteiger partial charge in [0.05, 0.1) is 32.1 Å². The van der Waals surface area contributed by atoms with Crippen molar-refractivity contribution < 1.29 is 28.2 Å². The minimum Gasteiger partial charge on any atom is -0.490 e. The van der Waals surface area contributed by atoms with Crippen LogP contribution in [0.15, 0.2) is 65.8 Å². The van der Waals surface area contributed by atoms with Gasteiger partial charge in [-0.05, 0) is 81.8 Å². The predicted octanol–water partition coefficient (Wildman–Crippen LogP) is 5.57. The van der Waals surface area contributed by atoms with Crippen LogP contribution >= 0.6 is 11.8 Å². The lowest BCUT2D eigenvalue weighted by atomic mass is 10.1. The molecule has 10 nitrogen and oxygen atoms in total. The molecule has 0 bridgehead atoms. The Labute approximate surface area is 253 Å². The molecule has 0 unspecified atom stereocenters. The number of carbonyl (C=O) groups is 2. The first-order valence-electron chi connectivity index (χ1n) is 13.9. The van der Waals surface area contributed by atoms with Gasteiger partial charge in [-0.25, -0.2) is 4.39 Å². The van der Waals surface area contributed by atoms with E-state index in [9.17, 15) is 14.0 Å². The van der Waals surface area contributed by atoms with Gasteiger partial charge >= 0.3 is 0 Å². The van der Waals surface area contributed by atoms with E-state index in [1.54, 1.807) is 28.8 Å². The highest BCUT2D eigenvalue weighted by molar-refractivity contribution is 7.99. The van der Waals surface area contributed by atoms with Gasteiger partial charge in [0.25, 0.3) is 5.91 Å². The number of aryl methyl sites for hydroxylation is 1. The topological polar surface area (TPSA) is 117 Å². The van der Waals surface area contributed by atoms with Crippen molar-refractivity contribution in [3.63, 3.8) is 0 Å². The van der Waals surface area contributed by atoms with E-state index in [1.165, 1.54) is 23.9 Å². The molecule has 0 atom stereocenters. The van der Waals surface area contributed by atoms with Crippen molar-refractivity contribution in [3.8, 4) is 22.9 Å². The van der Waals surface area contributed by atoms with E-state index in [0.717, 1.165) is 5.56 Å². The summed E-state index contributed by atoms with van der Waals surface area (Å²) in [5.74, 6) is 0.676. The molecule has 3 aromatic carbocycles. The molecule has 0 spiro atoms. The molecule has 0 saturated heterocycles. The Balaban J connectivity index is 1.54. The normalized spacial score (nSPS) is 10.7. The van der Waals surface area contributed by atoms with Crippen molar-refractivity contribution in [2.24, 2.45) is 0 Å². The van der Waals surface area contributed by atoms with E-state index in [4.69, 9.17) is 14.2 Å². The Kier molecular flexibility index (Phi) is 11.0. The third-order valence-corrected chi connectivity index (χ3v) is 6.93. The van der Waals surface area contributed by atoms with Crippen molar-refractivity contribution in [2.75, 3.05) is 30.9 Å². The first-order valence-corrected chi connectivity index (χ1v) is 14.9. The van der Waals surface area contributed by atoms with Crippen molar-refractivity contribution in [3.05, 3.63) is 83.4 Å². The van der Waals surface area contributed by atoms with Gasteiger partial charge < -0.3 is 24.8 Å². The zero-order valence-electron chi connectivity index (χ0n) is 24.5. The fourth-order valence-electron chi connectivity index (χ4n) is 4.19. The lowest BCUT2D eigenvalue weighted by molar-refractivity contribution is -0.113. The number of rotatable bonds is 14. The molecule has 0 aliphatic rings. The average Bonchev–Trinajstić information content (AvgIpc) is 3.39. The number of nitrogens with one attached hydrogen (secondary N) is 2. The third-order valence-electron chi connectivity index (χ3n) is 6.00. The largest absolute Gasteiger partial charge is 0.490 e. The third kappa shape index (κ3) is 8.25. The second kappa shape index (κ2) is 15.1. The SMILES string of the molecule is CCOc1cc(C(=O)NCc2nnc(SCC(=O)Nc3cccc(C)c3)n2-c2ccc(F)cc2)cc(OCC)c1OCC. The van der Waals surface area contributed by atoms with Crippen molar-refractivity contribution in [2.45, 2.75) is 39.4 Å². The maximum absolute atomic E-state index is 13.7. The first kappa shape index (κ1) is 31.4. The molecule has 0 aliphatic carbocycles. The van der Waals surface area contributed by atoms with Crippen molar-refractivity contribution in [1.82, 2.24) is 20.1 Å². The molecule has 2 amide bonds. The maximum atomic E-state index is 13.7. The highest BCUT2D eigenvalue weighted by Crippen LogP contribution is 2.39. The summed E-state index contributed by atoms with van der Waals surface area (Å²) < 4.78 is 32.6. The summed E-state index contributed by atoms with van der Waals surface area (Å²) in [6.07, 6.45) is 0. The van der Waals surface area contributed by atoms with E-state index in [2.05, 4.69) is 20.8 Å². The number of thioether (sulfide) groups is 1. The molecule has 0 aliphatic heterocycles. The summed E-state index contributed by atoms with van der Waals surface area (Å²) in [7, 11) is 0. The van der Waals surface area contributed by atoms with Gasteiger partial charge in [0.15, 0.2) is 22.5 Å². The minimum absolute atomic E-state index is 0.000403. The van der Waals surface area contributed by atoms with Crippen LogP contribution in [-0.4, -0.2) is 52.2 Å². The number of hydrogen-bond acceptors (Lipinski definition) is 8. The van der Waals surface area contributed by atoms with E-state index >= 15 is 0 Å². The Morgan fingerprint density at radius 1 is 0.907 bits per heavy atom. The average molecular weight is 608 g/mol. The quantitative estimate of drug-likeness (QED) is 0.179. The lowest BCUT2D eigenvalue weighted by Crippen LogP contribution is -2.25. The number of halogens is 1. The number of amides is 2. The van der Waals surface area contributed by atoms with Gasteiger partial charge in [-0.1, -0.05) is 23.9 Å². The summed E-state index contributed by atoms with van der Waals surface area (Å²) >= 11 is 1.17. The highest BCUT2D eigenvalue weighted by Gasteiger charge is 2.21. The number of ether oxygens (including phenoxy) is 3. The summed E-state index contributed by atoms with van der Waals surface area (Å²) in [5.41, 5.74) is 2.62. The number of aromatic nitrogens is 3. The van der Waals surface area contributed by atoms with Crippen molar-refractivity contribution in [1.29, 1.82) is 0 Å². The van der Waals surface area contributed by atoms with E-state index < -0.39 is 11.7 Å². The highest BCUT2D eigenvalue weighted by atomic mass is 32.2. The first-order chi connectivity index (χ1) is 20.8. The standard InChI is InChI=1S/C31H34FN5O5S/c1-5-40-25-16-21(17-26(41-6-2)29(25)42-7-3)30(39)33-18-27-35-36-31(37(27)24-13-11-22(32)12-14-24)43-19-28(38)34-23-10-8-9-20(4)15-23/h8-17H,5-7,18-19H2,1-4H3,(H,33,39)(H,34,38). The Morgan fingerprint density at radius 3 is 2.21 bits per heavy atom. The Hall–Kier alpha value is -4.58. The van der Waals surface area contributed by atoms with Gasteiger partial charge in [-0.3, -0.25) is 14.2 Å². The fraction of sp³-hybridized carbons (Fsp3) is 0.290. The zero-order chi connectivity index (χ0) is 30.8. The van der Waals surface area contributed by atoms with Gasteiger partial charge in [0.1, 0.15) is 5.82 Å². The second-order valence-corrected chi connectivity index (χ2v) is 10.1. The molecule has 226 valence electrons. The molecular formula is C31H34FN5O5S. The van der Waals surface area contributed by atoms with Gasteiger partial charge in [-0.15, -0.1) is 10.2 Å². The zero-order valence-corrected chi connectivity index (χ0v) is 25.3. The van der Waals surface area contributed by atoms with Crippen molar-refractivity contribution >= 4 is 29.3 Å². The van der Waals surface area contributed by atoms with E-state index in [1.807, 2.05) is 52.0 Å². The molecule has 12 heteroatoms. The Bertz CT molecular complexity index is 1530. The van der Waals surface area contributed by atoms with Crippen LogP contribution in [0.1, 0.15) is 42.5 Å². The van der Waals surface area contributed by atoms with Crippen LogP contribution in [0.2, 0.25) is 0 Å². The second-order valence-electron chi connectivity index (χ2n) is 9.20. The minimum atomic E-state index is -0.399. The number of nitrogens with zero attached hydrogens (tertiary/aromatic N) is 3. The molecule has 2 N–H and O–H groups in total. The fourth-order valence-corrected chi connectivity index (χ4v) is 4.96. The molecule has 1 heterocycles. The van der Waals surface area contributed by atoms with E-state index in [-0.39, 0.29) is 18.2 Å². The van der Waals surface area contributed by atoms with Gasteiger partial charge in [0.2, 0.25) is 11.7 Å². The molecule has 43 heavy (non-hydrogen) atoms. The molecule has 4 rings (SSSR count). The molecular weight excluding hydrogens is 573 g/mol. The number of hydrogen-bond donors (Lipinski definition) is 2. The summed E-state index contributed by atoms with van der Waals surface area (Å²) in [4.78, 5) is 25.9. The molecule has 0 saturated carbocycles. The van der Waals surface area contributed by atoms with Crippen LogP contribution in [0.25, 0.3) is 5.69 Å². The van der Waals surface area contributed by atoms with Crippen LogP contribution in [0, 0.1) is 12.7 Å². The molecule has 0 fully saturated rings. The number of benzene rings is 3. The van der Waals surface area contributed by atoms with Gasteiger partial charge in [-0.2, -0.15) is 0 Å². The maximum Gasteiger partial charge on any atom is 0.251 e. The lowest BCUT2D eigenvalue weighted by Gasteiger charge is -2.17. The summed E-state index contributed by atoms with van der Waals surface area (Å²) in [6, 6.07) is 16.5. The van der Waals surface area contributed by atoms with Crippen LogP contribution in [0.4, 0.5) is 10.1 Å². The molecule has 4 aromatic rings. The summed E-state index contributed by atoms with van der Waals surface area (Å²) in [6.45, 7) is 8.63.